The van der Waals surface area contributed by atoms with Gasteiger partial charge in [0.1, 0.15) is 23.0 Å². The first kappa shape index (κ1) is 15.6. The van der Waals surface area contributed by atoms with Crippen LogP contribution in [0, 0.1) is 0 Å². The average molecular weight is 309 g/mol. The predicted molar refractivity (Wildman–Crippen MR) is 85.6 cm³/mol. The van der Waals surface area contributed by atoms with Gasteiger partial charge in [0.15, 0.2) is 5.82 Å². The van der Waals surface area contributed by atoms with Crippen LogP contribution in [0.2, 0.25) is 5.02 Å². The summed E-state index contributed by atoms with van der Waals surface area (Å²) in [7, 11) is 1.95. The Labute approximate surface area is 130 Å². The molecule has 0 unspecified atom stereocenters. The zero-order valence-corrected chi connectivity index (χ0v) is 13.2. The molecule has 0 fully saturated rings. The topological polar surface area (TPSA) is 72.9 Å². The Morgan fingerprint density at radius 1 is 1.33 bits per heavy atom. The van der Waals surface area contributed by atoms with Crippen LogP contribution in [0.1, 0.15) is 25.6 Å². The zero-order chi connectivity index (χ0) is 15.2. The molecular formula is C14H21ClN6. The molecule has 6 nitrogen and oxygen atoms in total. The highest BCUT2D eigenvalue weighted by Gasteiger charge is 2.11. The minimum Gasteiger partial charge on any atom is -0.382 e. The molecule has 2 heterocycles. The molecule has 0 aliphatic heterocycles. The third-order valence-corrected chi connectivity index (χ3v) is 3.68. The van der Waals surface area contributed by atoms with Gasteiger partial charge in [-0.3, -0.25) is 0 Å². The molecule has 114 valence electrons. The van der Waals surface area contributed by atoms with Crippen molar-refractivity contribution in [3.8, 4) is 0 Å². The smallest absolute Gasteiger partial charge is 0.152 e. The lowest BCUT2D eigenvalue weighted by Gasteiger charge is -2.19. The van der Waals surface area contributed by atoms with E-state index in [-0.39, 0.29) is 0 Å². The predicted octanol–water partition coefficient (Wildman–Crippen LogP) is 2.39. The van der Waals surface area contributed by atoms with Crippen LogP contribution in [0.4, 0.5) is 11.6 Å². The molecule has 0 aromatic carbocycles. The number of hydrogen-bond acceptors (Lipinski definition) is 5. The van der Waals surface area contributed by atoms with Crippen molar-refractivity contribution in [2.75, 3.05) is 24.2 Å². The van der Waals surface area contributed by atoms with Crippen LogP contribution >= 0.6 is 11.6 Å². The van der Waals surface area contributed by atoms with Crippen LogP contribution in [0.25, 0.3) is 0 Å². The highest BCUT2D eigenvalue weighted by molar-refractivity contribution is 6.35. The summed E-state index contributed by atoms with van der Waals surface area (Å²) < 4.78 is 2.20. The van der Waals surface area contributed by atoms with E-state index in [1.165, 1.54) is 6.33 Å². The average Bonchev–Trinajstić information content (AvgIpc) is 2.90. The highest BCUT2D eigenvalue weighted by atomic mass is 35.5. The number of rotatable bonds is 7. The van der Waals surface area contributed by atoms with Gasteiger partial charge < -0.3 is 15.2 Å². The Kier molecular flexibility index (Phi) is 5.38. The molecule has 7 heteroatoms. The van der Waals surface area contributed by atoms with Crippen molar-refractivity contribution in [1.29, 1.82) is 0 Å². The maximum Gasteiger partial charge on any atom is 0.152 e. The third-order valence-electron chi connectivity index (χ3n) is 3.32. The molecule has 0 bridgehead atoms. The number of aromatic nitrogens is 4. The van der Waals surface area contributed by atoms with Gasteiger partial charge in [-0.05, 0) is 12.8 Å². The van der Waals surface area contributed by atoms with Crippen molar-refractivity contribution < 1.29 is 0 Å². The first-order valence-electron chi connectivity index (χ1n) is 7.10. The second kappa shape index (κ2) is 7.26. The quantitative estimate of drug-likeness (QED) is 0.850. The molecule has 0 amide bonds. The standard InChI is InChI=1S/C14H21ClN6/c1-3-7-21-9-6-17-11(21)5-4-8-20(2)14-12(15)13(16)18-10-19-14/h6,9-10H,3-5,7-8H2,1-2H3,(H2,16,18,19). The maximum atomic E-state index is 6.12. The Bertz CT molecular complexity index is 583. The van der Waals surface area contributed by atoms with E-state index in [0.717, 1.165) is 38.2 Å². The molecule has 0 saturated heterocycles. The van der Waals surface area contributed by atoms with Crippen molar-refractivity contribution >= 4 is 23.2 Å². The van der Waals surface area contributed by atoms with Crippen LogP contribution in [-0.4, -0.2) is 33.1 Å². The Morgan fingerprint density at radius 3 is 2.90 bits per heavy atom. The molecule has 2 aromatic heterocycles. The van der Waals surface area contributed by atoms with Gasteiger partial charge in [0.2, 0.25) is 0 Å². The van der Waals surface area contributed by atoms with Gasteiger partial charge in [-0.25, -0.2) is 15.0 Å². The summed E-state index contributed by atoms with van der Waals surface area (Å²) in [6, 6.07) is 0. The largest absolute Gasteiger partial charge is 0.382 e. The van der Waals surface area contributed by atoms with Gasteiger partial charge in [0, 0.05) is 39.0 Å². The fourth-order valence-electron chi connectivity index (χ4n) is 2.23. The molecule has 0 saturated carbocycles. The molecule has 21 heavy (non-hydrogen) atoms. The van der Waals surface area contributed by atoms with E-state index in [1.807, 2.05) is 24.3 Å². The molecule has 0 atom stereocenters. The van der Waals surface area contributed by atoms with E-state index in [1.54, 1.807) is 0 Å². The van der Waals surface area contributed by atoms with Gasteiger partial charge in [-0.2, -0.15) is 0 Å². The fourth-order valence-corrected chi connectivity index (χ4v) is 2.47. The summed E-state index contributed by atoms with van der Waals surface area (Å²) in [5.74, 6) is 2.10. The minimum atomic E-state index is 0.312. The van der Waals surface area contributed by atoms with Gasteiger partial charge in [-0.1, -0.05) is 18.5 Å². The van der Waals surface area contributed by atoms with E-state index in [4.69, 9.17) is 17.3 Å². The van der Waals surface area contributed by atoms with Gasteiger partial charge in [-0.15, -0.1) is 0 Å². The SMILES string of the molecule is CCCn1ccnc1CCCN(C)c1ncnc(N)c1Cl. The summed E-state index contributed by atoms with van der Waals surface area (Å²) in [5, 5.41) is 0.410. The van der Waals surface area contributed by atoms with Crippen LogP contribution < -0.4 is 10.6 Å². The van der Waals surface area contributed by atoms with E-state index in [0.29, 0.717) is 16.7 Å². The lowest BCUT2D eigenvalue weighted by molar-refractivity contribution is 0.621. The monoisotopic (exact) mass is 308 g/mol. The fraction of sp³-hybridized carbons (Fsp3) is 0.500. The number of nitrogens with zero attached hydrogens (tertiary/aromatic N) is 5. The highest BCUT2D eigenvalue weighted by Crippen LogP contribution is 2.26. The Morgan fingerprint density at radius 2 is 2.14 bits per heavy atom. The normalized spacial score (nSPS) is 10.8. The minimum absolute atomic E-state index is 0.312. The van der Waals surface area contributed by atoms with Gasteiger partial charge in [0.25, 0.3) is 0 Å². The lowest BCUT2D eigenvalue weighted by atomic mass is 10.2. The van der Waals surface area contributed by atoms with Crippen molar-refractivity contribution in [2.45, 2.75) is 32.7 Å². The number of halogens is 1. The number of nitrogens with two attached hydrogens (primary N) is 1. The molecule has 0 aliphatic carbocycles. The van der Waals surface area contributed by atoms with E-state index in [9.17, 15) is 0 Å². The summed E-state index contributed by atoms with van der Waals surface area (Å²) >= 11 is 6.12. The summed E-state index contributed by atoms with van der Waals surface area (Å²) in [6.07, 6.45) is 8.33. The molecular weight excluding hydrogens is 288 g/mol. The maximum absolute atomic E-state index is 6.12. The number of anilines is 2. The first-order chi connectivity index (χ1) is 10.1. The lowest BCUT2D eigenvalue weighted by Crippen LogP contribution is -2.21. The van der Waals surface area contributed by atoms with E-state index in [2.05, 4.69) is 26.4 Å². The van der Waals surface area contributed by atoms with Crippen LogP contribution in [0.3, 0.4) is 0 Å². The molecule has 0 spiro atoms. The number of nitrogen functional groups attached to an aromatic ring is 1. The summed E-state index contributed by atoms with van der Waals surface area (Å²) in [5.41, 5.74) is 5.69. The van der Waals surface area contributed by atoms with E-state index >= 15 is 0 Å². The Hall–Kier alpha value is -1.82. The zero-order valence-electron chi connectivity index (χ0n) is 12.5. The molecule has 2 aromatic rings. The van der Waals surface area contributed by atoms with Crippen LogP contribution in [0.15, 0.2) is 18.7 Å². The van der Waals surface area contributed by atoms with Crippen LogP contribution in [0.5, 0.6) is 0 Å². The Balaban J connectivity index is 1.91. The van der Waals surface area contributed by atoms with Gasteiger partial charge >= 0.3 is 0 Å². The number of hydrogen-bond donors (Lipinski definition) is 1. The molecule has 2 rings (SSSR count). The summed E-state index contributed by atoms with van der Waals surface area (Å²) in [6.45, 7) is 4.01. The van der Waals surface area contributed by atoms with Crippen molar-refractivity contribution in [3.63, 3.8) is 0 Å². The van der Waals surface area contributed by atoms with Gasteiger partial charge in [0.05, 0.1) is 0 Å². The van der Waals surface area contributed by atoms with Crippen molar-refractivity contribution in [1.82, 2.24) is 19.5 Å². The second-order valence-corrected chi connectivity index (χ2v) is 5.34. The molecule has 0 aliphatic rings. The molecule has 0 radical (unpaired) electrons. The third kappa shape index (κ3) is 3.85. The second-order valence-electron chi connectivity index (χ2n) is 4.96. The van der Waals surface area contributed by atoms with Crippen molar-refractivity contribution in [3.05, 3.63) is 29.6 Å². The first-order valence-corrected chi connectivity index (χ1v) is 7.48. The number of imidazole rings is 1. The summed E-state index contributed by atoms with van der Waals surface area (Å²) in [4.78, 5) is 14.5. The number of aryl methyl sites for hydroxylation is 2. The van der Waals surface area contributed by atoms with Crippen LogP contribution in [-0.2, 0) is 13.0 Å². The molecule has 2 N–H and O–H groups in total. The van der Waals surface area contributed by atoms with Crippen molar-refractivity contribution in [2.24, 2.45) is 0 Å². The van der Waals surface area contributed by atoms with E-state index < -0.39 is 0 Å².